The summed E-state index contributed by atoms with van der Waals surface area (Å²) < 4.78 is 32.3. The van der Waals surface area contributed by atoms with Crippen LogP contribution in [0.4, 0.5) is 14.6 Å². The van der Waals surface area contributed by atoms with Gasteiger partial charge in [-0.15, -0.1) is 0 Å². The van der Waals surface area contributed by atoms with E-state index in [1.54, 1.807) is 31.2 Å². The maximum Gasteiger partial charge on any atom is 0.272 e. The molecule has 4 N–H and O–H groups in total. The van der Waals surface area contributed by atoms with Crippen LogP contribution in [-0.4, -0.2) is 32.9 Å². The summed E-state index contributed by atoms with van der Waals surface area (Å²) in [6.07, 6.45) is 0. The minimum atomic E-state index is -1.24. The van der Waals surface area contributed by atoms with Crippen molar-refractivity contribution in [3.05, 3.63) is 98.3 Å². The molecule has 0 radical (unpaired) electrons. The smallest absolute Gasteiger partial charge is 0.272 e. The van der Waals surface area contributed by atoms with Crippen LogP contribution in [0.2, 0.25) is 10.0 Å². The summed E-state index contributed by atoms with van der Waals surface area (Å²) in [6.45, 7) is 1.68. The number of H-pyrrole nitrogens is 1. The van der Waals surface area contributed by atoms with Crippen LogP contribution in [0, 0.1) is 18.6 Å². The molecule has 0 aliphatic rings. The molecule has 0 saturated carbocycles. The lowest BCUT2D eigenvalue weighted by atomic mass is 10.2. The van der Waals surface area contributed by atoms with Crippen molar-refractivity contribution in [2.45, 2.75) is 20.0 Å². The van der Waals surface area contributed by atoms with Crippen molar-refractivity contribution >= 4 is 46.7 Å². The summed E-state index contributed by atoms with van der Waals surface area (Å²) in [5.41, 5.74) is 0.573. The highest BCUT2D eigenvalue weighted by atomic mass is 35.5. The van der Waals surface area contributed by atoms with Crippen LogP contribution in [0.5, 0.6) is 0 Å². The van der Waals surface area contributed by atoms with Crippen LogP contribution in [-0.2, 0) is 13.1 Å². The number of hydrogen-bond acceptors (Lipinski definition) is 6. The standard InChI is InChI=1S/C24H18Cl2F2N6O4/c1-11-19(38-21(31-11)10-30-22(35)12-2-4-13(25)5-3-12)9-29-24(37)18-8-20(34-33-18)32-23(36)14-6-16(27)17(28)7-15(14)26/h2-8H,9-10H2,1H3,(H,29,37)(H,30,35)(H2,32,33,34,36). The number of nitrogens with one attached hydrogen (secondary N) is 4. The SMILES string of the molecule is Cc1nc(CNC(=O)c2ccc(Cl)cc2)oc1CNC(=O)c1cc(NC(=O)c2cc(F)c(F)cc2Cl)[nH]n1. The number of hydrogen-bond donors (Lipinski definition) is 4. The summed E-state index contributed by atoms with van der Waals surface area (Å²) in [5, 5.41) is 14.2. The van der Waals surface area contributed by atoms with Crippen molar-refractivity contribution in [2.24, 2.45) is 0 Å². The predicted octanol–water partition coefficient (Wildman–Crippen LogP) is 4.40. The molecule has 196 valence electrons. The zero-order chi connectivity index (χ0) is 27.4. The number of carbonyl (C=O) groups is 3. The lowest BCUT2D eigenvalue weighted by Gasteiger charge is -2.05. The molecule has 0 aliphatic heterocycles. The number of benzene rings is 2. The Kier molecular flexibility index (Phi) is 8.03. The van der Waals surface area contributed by atoms with Crippen LogP contribution < -0.4 is 16.0 Å². The minimum Gasteiger partial charge on any atom is -0.442 e. The first kappa shape index (κ1) is 26.8. The van der Waals surface area contributed by atoms with Gasteiger partial charge in [-0.1, -0.05) is 23.2 Å². The van der Waals surface area contributed by atoms with E-state index in [9.17, 15) is 23.2 Å². The molecule has 10 nitrogen and oxygen atoms in total. The molecule has 0 spiro atoms. The number of amides is 3. The number of halogens is 4. The Morgan fingerprint density at radius 2 is 1.63 bits per heavy atom. The topological polar surface area (TPSA) is 142 Å². The molecule has 38 heavy (non-hydrogen) atoms. The highest BCUT2D eigenvalue weighted by Gasteiger charge is 2.18. The molecule has 4 aromatic rings. The van der Waals surface area contributed by atoms with E-state index < -0.39 is 23.4 Å². The summed E-state index contributed by atoms with van der Waals surface area (Å²) in [5.74, 6) is -3.56. The van der Waals surface area contributed by atoms with Crippen LogP contribution in [0.1, 0.15) is 48.5 Å². The third-order valence-corrected chi connectivity index (χ3v) is 5.73. The predicted molar refractivity (Wildman–Crippen MR) is 133 cm³/mol. The second kappa shape index (κ2) is 11.4. The van der Waals surface area contributed by atoms with E-state index >= 15 is 0 Å². The number of carbonyl (C=O) groups excluding carboxylic acids is 3. The van der Waals surface area contributed by atoms with Gasteiger partial charge in [0.25, 0.3) is 17.7 Å². The second-order valence-electron chi connectivity index (χ2n) is 7.86. The fraction of sp³-hybridized carbons (Fsp3) is 0.125. The molecule has 4 rings (SSSR count). The number of nitrogens with zero attached hydrogens (tertiary/aromatic N) is 2. The van der Waals surface area contributed by atoms with Crippen molar-refractivity contribution in [3.8, 4) is 0 Å². The van der Waals surface area contributed by atoms with Crippen LogP contribution in [0.3, 0.4) is 0 Å². The minimum absolute atomic E-state index is 0.0236. The molecule has 0 aliphatic carbocycles. The third kappa shape index (κ3) is 6.33. The zero-order valence-electron chi connectivity index (χ0n) is 19.5. The molecular formula is C24H18Cl2F2N6O4. The molecule has 3 amide bonds. The van der Waals surface area contributed by atoms with E-state index in [-0.39, 0.29) is 47.0 Å². The van der Waals surface area contributed by atoms with Crippen molar-refractivity contribution in [1.29, 1.82) is 0 Å². The lowest BCUT2D eigenvalue weighted by molar-refractivity contribution is 0.0940. The number of anilines is 1. The number of oxazole rings is 1. The molecule has 0 bridgehead atoms. The molecule has 2 aromatic carbocycles. The van der Waals surface area contributed by atoms with Crippen LogP contribution in [0.15, 0.2) is 46.9 Å². The van der Waals surface area contributed by atoms with Gasteiger partial charge in [-0.2, -0.15) is 5.10 Å². The number of aryl methyl sites for hydroxylation is 1. The van der Waals surface area contributed by atoms with Gasteiger partial charge in [0.05, 0.1) is 29.4 Å². The average molecular weight is 563 g/mol. The largest absolute Gasteiger partial charge is 0.442 e. The molecule has 2 heterocycles. The summed E-state index contributed by atoms with van der Waals surface area (Å²) in [7, 11) is 0. The molecule has 0 saturated heterocycles. The van der Waals surface area contributed by atoms with Crippen molar-refractivity contribution in [1.82, 2.24) is 25.8 Å². The summed E-state index contributed by atoms with van der Waals surface area (Å²) in [4.78, 5) is 41.3. The Balaban J connectivity index is 1.31. The van der Waals surface area contributed by atoms with Gasteiger partial charge in [0.2, 0.25) is 5.89 Å². The van der Waals surface area contributed by atoms with Gasteiger partial charge in [0.15, 0.2) is 17.3 Å². The summed E-state index contributed by atoms with van der Waals surface area (Å²) >= 11 is 11.6. The van der Waals surface area contributed by atoms with E-state index in [4.69, 9.17) is 27.6 Å². The molecule has 0 atom stereocenters. The quantitative estimate of drug-likeness (QED) is 0.234. The Bertz CT molecular complexity index is 1520. The van der Waals surface area contributed by atoms with Gasteiger partial charge in [-0.25, -0.2) is 13.8 Å². The van der Waals surface area contributed by atoms with E-state index in [2.05, 4.69) is 31.1 Å². The van der Waals surface area contributed by atoms with Crippen molar-refractivity contribution in [2.75, 3.05) is 5.32 Å². The van der Waals surface area contributed by atoms with E-state index in [1.165, 1.54) is 6.07 Å². The van der Waals surface area contributed by atoms with Gasteiger partial charge in [-0.05, 0) is 43.3 Å². The first-order valence-electron chi connectivity index (χ1n) is 10.9. The average Bonchev–Trinajstić information content (AvgIpc) is 3.49. The third-order valence-electron chi connectivity index (χ3n) is 5.17. The van der Waals surface area contributed by atoms with Gasteiger partial charge in [0.1, 0.15) is 11.6 Å². The molecule has 14 heteroatoms. The maximum absolute atomic E-state index is 13.5. The van der Waals surface area contributed by atoms with Crippen molar-refractivity contribution in [3.63, 3.8) is 0 Å². The maximum atomic E-state index is 13.5. The van der Waals surface area contributed by atoms with E-state index in [0.717, 1.165) is 0 Å². The van der Waals surface area contributed by atoms with Crippen LogP contribution >= 0.6 is 23.2 Å². The molecule has 0 fully saturated rings. The fourth-order valence-corrected chi connectivity index (χ4v) is 3.59. The Hall–Kier alpha value is -4.29. The Labute approximate surface area is 223 Å². The first-order chi connectivity index (χ1) is 18.1. The van der Waals surface area contributed by atoms with Gasteiger partial charge in [0, 0.05) is 16.7 Å². The monoisotopic (exact) mass is 562 g/mol. The number of aromatic nitrogens is 3. The van der Waals surface area contributed by atoms with Gasteiger partial charge >= 0.3 is 0 Å². The Morgan fingerprint density at radius 3 is 2.37 bits per heavy atom. The number of aromatic amines is 1. The van der Waals surface area contributed by atoms with E-state index in [1.807, 2.05) is 0 Å². The first-order valence-corrected chi connectivity index (χ1v) is 11.6. The number of rotatable bonds is 8. The Morgan fingerprint density at radius 1 is 0.947 bits per heavy atom. The lowest BCUT2D eigenvalue weighted by Crippen LogP contribution is -2.23. The molecular weight excluding hydrogens is 545 g/mol. The van der Waals surface area contributed by atoms with Crippen LogP contribution in [0.25, 0.3) is 0 Å². The normalized spacial score (nSPS) is 10.8. The molecule has 0 unspecified atom stereocenters. The second-order valence-corrected chi connectivity index (χ2v) is 8.70. The highest BCUT2D eigenvalue weighted by molar-refractivity contribution is 6.34. The van der Waals surface area contributed by atoms with Gasteiger partial charge in [-0.3, -0.25) is 19.5 Å². The van der Waals surface area contributed by atoms with Gasteiger partial charge < -0.3 is 20.4 Å². The van der Waals surface area contributed by atoms with E-state index in [0.29, 0.717) is 34.2 Å². The fourth-order valence-electron chi connectivity index (χ4n) is 3.23. The highest BCUT2D eigenvalue weighted by Crippen LogP contribution is 2.21. The zero-order valence-corrected chi connectivity index (χ0v) is 21.0. The van der Waals surface area contributed by atoms with Crippen molar-refractivity contribution < 1.29 is 27.6 Å². The summed E-state index contributed by atoms with van der Waals surface area (Å²) in [6, 6.07) is 8.96. The molecule has 2 aromatic heterocycles.